The van der Waals surface area contributed by atoms with Crippen molar-refractivity contribution in [3.8, 4) is 0 Å². The summed E-state index contributed by atoms with van der Waals surface area (Å²) in [5.41, 5.74) is 0. The molecule has 0 saturated carbocycles. The average molecular weight is 167 g/mol. The van der Waals surface area contributed by atoms with Crippen molar-refractivity contribution < 1.29 is 17.3 Å². The van der Waals surface area contributed by atoms with Gasteiger partial charge in [0.1, 0.15) is 0 Å². The van der Waals surface area contributed by atoms with Gasteiger partial charge in [-0.2, -0.15) is 0 Å². The zero-order chi connectivity index (χ0) is 8.54. The van der Waals surface area contributed by atoms with Crippen LogP contribution in [0.2, 0.25) is 0 Å². The summed E-state index contributed by atoms with van der Waals surface area (Å²) < 4.78 is 36.8. The third kappa shape index (κ3) is 1.38. The molecule has 0 aliphatic carbocycles. The molecule has 1 nitrogen and oxygen atoms in total. The van der Waals surface area contributed by atoms with Crippen LogP contribution >= 0.6 is 0 Å². The fourth-order valence-electron chi connectivity index (χ4n) is 1.78. The molecule has 0 bridgehead atoms. The molecule has 0 aromatic carbocycles. The lowest BCUT2D eigenvalue weighted by Gasteiger charge is -2.42. The summed E-state index contributed by atoms with van der Waals surface area (Å²) in [5.74, 6) is 0. The monoisotopic (exact) mass is 167 g/mol. The van der Waals surface area contributed by atoms with Gasteiger partial charge in [0, 0.05) is 19.6 Å². The zero-order valence-corrected chi connectivity index (χ0v) is 6.69. The number of nitrogens with zero attached hydrogens (tertiary/aromatic N) is 1. The Morgan fingerprint density at radius 2 is 1.64 bits per heavy atom. The van der Waals surface area contributed by atoms with Crippen LogP contribution in [0.15, 0.2) is 0 Å². The Bertz CT molecular complexity index is 139. The Balaban J connectivity index is 2.75. The lowest BCUT2D eigenvalue weighted by Crippen LogP contribution is -2.59. The molecule has 0 amide bonds. The predicted octanol–water partition coefficient (Wildman–Crippen LogP) is 1.96. The normalized spacial score (nSPS) is 24.0. The first-order valence-electron chi connectivity index (χ1n) is 4.07. The van der Waals surface area contributed by atoms with E-state index in [1.165, 1.54) is 0 Å². The minimum atomic E-state index is -4.67. The topological polar surface area (TPSA) is 0 Å². The molecule has 1 saturated heterocycles. The first-order valence-corrected chi connectivity index (χ1v) is 4.07. The van der Waals surface area contributed by atoms with Crippen LogP contribution in [0.25, 0.3) is 0 Å². The van der Waals surface area contributed by atoms with Gasteiger partial charge in [0.15, 0.2) is 0 Å². The van der Waals surface area contributed by atoms with E-state index in [2.05, 4.69) is 0 Å². The molecule has 0 aromatic heterocycles. The van der Waals surface area contributed by atoms with Gasteiger partial charge in [0.05, 0.1) is 0 Å². The van der Waals surface area contributed by atoms with Crippen LogP contribution in [-0.4, -0.2) is 31.1 Å². The minimum absolute atomic E-state index is 0.212. The van der Waals surface area contributed by atoms with E-state index in [1.54, 1.807) is 6.92 Å². The van der Waals surface area contributed by atoms with E-state index < -0.39 is 11.5 Å². The fraction of sp³-hybridized carbons (Fsp3) is 1.00. The zero-order valence-electron chi connectivity index (χ0n) is 6.69. The molecule has 0 N–H and O–H groups in total. The predicted molar refractivity (Wildman–Crippen MR) is 38.8 cm³/mol. The van der Waals surface area contributed by atoms with Crippen molar-refractivity contribution in [2.24, 2.45) is 0 Å². The van der Waals surface area contributed by atoms with E-state index in [0.29, 0.717) is 13.1 Å². The van der Waals surface area contributed by atoms with Gasteiger partial charge in [0.25, 0.3) is 0 Å². The molecule has 66 valence electrons. The van der Waals surface area contributed by atoms with Crippen LogP contribution < -0.4 is 0 Å². The largest absolute Gasteiger partial charge is 0.733 e. The molecule has 0 unspecified atom stereocenters. The molecule has 0 atom stereocenters. The maximum Gasteiger partial charge on any atom is 0.733 e. The van der Waals surface area contributed by atoms with E-state index in [0.717, 1.165) is 12.8 Å². The Kier molecular flexibility index (Phi) is 2.18. The number of halogens is 3. The highest BCUT2D eigenvalue weighted by molar-refractivity contribution is 6.50. The first-order chi connectivity index (χ1) is 5.02. The maximum atomic E-state index is 12.5. The van der Waals surface area contributed by atoms with Crippen molar-refractivity contribution >= 4 is 7.11 Å². The molecule has 1 aliphatic heterocycles. The lowest BCUT2D eigenvalue weighted by atomic mass is 10.0. The van der Waals surface area contributed by atoms with Crippen molar-refractivity contribution in [2.45, 2.75) is 19.8 Å². The fourth-order valence-corrected chi connectivity index (χ4v) is 1.78. The van der Waals surface area contributed by atoms with Crippen molar-refractivity contribution in [3.63, 3.8) is 0 Å². The van der Waals surface area contributed by atoms with Crippen LogP contribution in [-0.2, 0) is 0 Å². The van der Waals surface area contributed by atoms with E-state index in [1.807, 2.05) is 0 Å². The summed E-state index contributed by atoms with van der Waals surface area (Å²) in [7, 11) is -4.67. The van der Waals surface area contributed by atoms with Crippen LogP contribution in [0, 0.1) is 0 Å². The summed E-state index contributed by atoms with van der Waals surface area (Å²) >= 11 is 0. The smallest absolute Gasteiger partial charge is 0.423 e. The number of hydrogen-bond donors (Lipinski definition) is 0. The number of quaternary nitrogens is 1. The standard InChI is InChI=1S/C6H13BF3N/c1-2-11(7(8,9)10)5-3-4-6-11/h2-6H2,1H3. The molecular weight excluding hydrogens is 154 g/mol. The highest BCUT2D eigenvalue weighted by atomic mass is 19.4. The van der Waals surface area contributed by atoms with E-state index in [-0.39, 0.29) is 6.54 Å². The van der Waals surface area contributed by atoms with Crippen LogP contribution in [0.1, 0.15) is 19.8 Å². The number of hydrogen-bond acceptors (Lipinski definition) is 0. The first kappa shape index (κ1) is 8.91. The summed E-state index contributed by atoms with van der Waals surface area (Å²) in [4.78, 5) is 0. The Hall–Kier alpha value is -0.185. The second-order valence-corrected chi connectivity index (χ2v) is 3.23. The Morgan fingerprint density at radius 1 is 1.18 bits per heavy atom. The van der Waals surface area contributed by atoms with Gasteiger partial charge in [-0.15, -0.1) is 0 Å². The molecule has 0 spiro atoms. The van der Waals surface area contributed by atoms with Gasteiger partial charge in [-0.3, -0.25) is 0 Å². The second kappa shape index (κ2) is 2.70. The minimum Gasteiger partial charge on any atom is -0.423 e. The SMILES string of the molecule is CC[N+]1([B-](F)(F)F)CCCC1. The van der Waals surface area contributed by atoms with Gasteiger partial charge in [0.2, 0.25) is 0 Å². The molecular formula is C6H13BF3N. The highest BCUT2D eigenvalue weighted by Crippen LogP contribution is 2.30. The molecule has 1 fully saturated rings. The van der Waals surface area contributed by atoms with E-state index in [9.17, 15) is 12.9 Å². The van der Waals surface area contributed by atoms with Crippen LogP contribution in [0.5, 0.6) is 0 Å². The van der Waals surface area contributed by atoms with Crippen molar-refractivity contribution in [1.29, 1.82) is 0 Å². The van der Waals surface area contributed by atoms with Gasteiger partial charge >= 0.3 is 7.11 Å². The highest BCUT2D eigenvalue weighted by Gasteiger charge is 2.52. The molecule has 1 heterocycles. The third-order valence-corrected chi connectivity index (χ3v) is 2.71. The Morgan fingerprint density at radius 3 is 1.82 bits per heavy atom. The third-order valence-electron chi connectivity index (χ3n) is 2.71. The van der Waals surface area contributed by atoms with Crippen molar-refractivity contribution in [3.05, 3.63) is 0 Å². The van der Waals surface area contributed by atoms with E-state index >= 15 is 0 Å². The molecule has 1 aliphatic rings. The van der Waals surface area contributed by atoms with E-state index in [4.69, 9.17) is 0 Å². The summed E-state index contributed by atoms with van der Waals surface area (Å²) in [5, 5.41) is 0. The molecule has 0 aromatic rings. The van der Waals surface area contributed by atoms with Gasteiger partial charge in [-0.25, -0.2) is 0 Å². The Labute approximate surface area is 64.9 Å². The molecule has 5 heteroatoms. The van der Waals surface area contributed by atoms with Gasteiger partial charge in [-0.1, -0.05) is 0 Å². The molecule has 11 heavy (non-hydrogen) atoms. The van der Waals surface area contributed by atoms with Crippen molar-refractivity contribution in [2.75, 3.05) is 19.6 Å². The number of rotatable bonds is 2. The molecule has 0 radical (unpaired) electrons. The van der Waals surface area contributed by atoms with Crippen molar-refractivity contribution in [1.82, 2.24) is 0 Å². The summed E-state index contributed by atoms with van der Waals surface area (Å²) in [6, 6.07) is 0. The van der Waals surface area contributed by atoms with Gasteiger partial charge in [-0.05, 0) is 19.8 Å². The average Bonchev–Trinajstić information content (AvgIpc) is 2.33. The van der Waals surface area contributed by atoms with Crippen LogP contribution in [0.4, 0.5) is 12.9 Å². The second-order valence-electron chi connectivity index (χ2n) is 3.23. The lowest BCUT2D eigenvalue weighted by molar-refractivity contribution is -0.836. The van der Waals surface area contributed by atoms with Gasteiger partial charge < -0.3 is 17.3 Å². The summed E-state index contributed by atoms with van der Waals surface area (Å²) in [6.45, 7) is 2.45. The quantitative estimate of drug-likeness (QED) is 0.551. The molecule has 1 rings (SSSR count). The maximum absolute atomic E-state index is 12.5. The van der Waals surface area contributed by atoms with Crippen LogP contribution in [0.3, 0.4) is 0 Å². The summed E-state index contributed by atoms with van der Waals surface area (Å²) in [6.07, 6.45) is 1.46. The number of likely N-dealkylation sites (tertiary alicyclic amines) is 1.